The zero-order chi connectivity index (χ0) is 13.4. The highest BCUT2D eigenvalue weighted by Crippen LogP contribution is 2.38. The monoisotopic (exact) mass is 259 g/mol. The summed E-state index contributed by atoms with van der Waals surface area (Å²) in [5, 5.41) is 0.967. The third-order valence-electron chi connectivity index (χ3n) is 3.45. The Morgan fingerprint density at radius 1 is 1.26 bits per heavy atom. The summed E-state index contributed by atoms with van der Waals surface area (Å²) >= 11 is 0. The molecule has 0 fully saturated rings. The minimum atomic E-state index is 0.573. The van der Waals surface area contributed by atoms with Crippen molar-refractivity contribution in [1.29, 1.82) is 0 Å². The summed E-state index contributed by atoms with van der Waals surface area (Å²) in [7, 11) is 0. The maximum atomic E-state index is 5.69. The maximum absolute atomic E-state index is 5.69. The van der Waals surface area contributed by atoms with Gasteiger partial charge in [-0.25, -0.2) is 0 Å². The molecule has 1 aliphatic heterocycles. The second-order valence-corrected chi connectivity index (χ2v) is 4.56. The Labute approximate surface area is 111 Å². The van der Waals surface area contributed by atoms with E-state index in [0.29, 0.717) is 13.2 Å². The van der Waals surface area contributed by atoms with Crippen LogP contribution in [0.1, 0.15) is 18.2 Å². The second kappa shape index (κ2) is 4.59. The topological polar surface area (TPSA) is 69.4 Å². The molecule has 0 amide bonds. The molecule has 0 saturated carbocycles. The van der Waals surface area contributed by atoms with E-state index in [4.69, 9.17) is 15.3 Å². The Morgan fingerprint density at radius 3 is 2.58 bits per heavy atom. The first-order chi connectivity index (χ1) is 9.24. The van der Waals surface area contributed by atoms with Crippen molar-refractivity contribution in [3.8, 4) is 11.5 Å². The molecular weight excluding hydrogens is 242 g/mol. The minimum Gasteiger partial charge on any atom is -0.486 e. The van der Waals surface area contributed by atoms with Gasteiger partial charge in [0.2, 0.25) is 0 Å². The number of nitrogens with two attached hydrogens (primary N) is 1. The number of pyridine rings is 1. The van der Waals surface area contributed by atoms with Crippen LogP contribution in [-0.4, -0.2) is 18.2 Å². The number of fused-ring (bicyclic) bond motifs is 2. The highest BCUT2D eigenvalue weighted by Gasteiger charge is 2.17. The van der Waals surface area contributed by atoms with E-state index in [1.807, 2.05) is 19.1 Å². The van der Waals surface area contributed by atoms with Crippen LogP contribution in [0.4, 0.5) is 5.69 Å². The number of hydrazine groups is 1. The molecular formula is C14H17N3O2. The maximum Gasteiger partial charge on any atom is 0.163 e. The highest BCUT2D eigenvalue weighted by molar-refractivity contribution is 5.95. The number of ether oxygens (including phenoxy) is 2. The van der Waals surface area contributed by atoms with Crippen molar-refractivity contribution in [3.63, 3.8) is 0 Å². The van der Waals surface area contributed by atoms with E-state index < -0.39 is 0 Å². The number of aryl methyl sites for hydroxylation is 1. The molecule has 0 atom stereocenters. The first-order valence-electron chi connectivity index (χ1n) is 6.44. The summed E-state index contributed by atoms with van der Waals surface area (Å²) in [6.45, 7) is 5.24. The van der Waals surface area contributed by atoms with E-state index in [2.05, 4.69) is 17.3 Å². The summed E-state index contributed by atoms with van der Waals surface area (Å²) in [6.07, 6.45) is 0.878. The summed E-state index contributed by atoms with van der Waals surface area (Å²) in [5.74, 6) is 7.19. The lowest BCUT2D eigenvalue weighted by Crippen LogP contribution is -2.16. The molecule has 2 heterocycles. The number of nitrogens with zero attached hydrogens (tertiary/aromatic N) is 1. The van der Waals surface area contributed by atoms with Gasteiger partial charge in [0.15, 0.2) is 11.5 Å². The van der Waals surface area contributed by atoms with Crippen LogP contribution < -0.4 is 20.7 Å². The molecule has 0 spiro atoms. The van der Waals surface area contributed by atoms with Crippen molar-refractivity contribution in [2.24, 2.45) is 5.84 Å². The molecule has 3 N–H and O–H groups in total. The van der Waals surface area contributed by atoms with Gasteiger partial charge < -0.3 is 14.9 Å². The fourth-order valence-corrected chi connectivity index (χ4v) is 2.56. The molecule has 1 aromatic carbocycles. The standard InChI is InChI=1S/C14H17N3O2/c1-3-9-8(2)16-11-7-13-12(18-4-5-19-13)6-10(11)14(9)17-15/h6-7H,3-5,15H2,1-2H3,(H,16,17). The van der Waals surface area contributed by atoms with Crippen molar-refractivity contribution in [3.05, 3.63) is 23.4 Å². The molecule has 5 nitrogen and oxygen atoms in total. The van der Waals surface area contributed by atoms with E-state index >= 15 is 0 Å². The molecule has 100 valence electrons. The van der Waals surface area contributed by atoms with Gasteiger partial charge in [0.05, 0.1) is 11.2 Å². The zero-order valence-electron chi connectivity index (χ0n) is 11.1. The number of hydrogen-bond acceptors (Lipinski definition) is 5. The summed E-state index contributed by atoms with van der Waals surface area (Å²) in [5.41, 5.74) is 6.70. The molecule has 1 aromatic heterocycles. The van der Waals surface area contributed by atoms with Crippen molar-refractivity contribution in [1.82, 2.24) is 4.98 Å². The Kier molecular flexibility index (Phi) is 2.91. The molecule has 3 rings (SSSR count). The van der Waals surface area contributed by atoms with Crippen LogP contribution in [0.15, 0.2) is 12.1 Å². The average Bonchev–Trinajstić information content (AvgIpc) is 2.43. The van der Waals surface area contributed by atoms with Crippen molar-refractivity contribution in [2.75, 3.05) is 18.6 Å². The smallest absolute Gasteiger partial charge is 0.163 e. The van der Waals surface area contributed by atoms with Crippen LogP contribution in [0, 0.1) is 6.92 Å². The molecule has 0 unspecified atom stereocenters. The van der Waals surface area contributed by atoms with E-state index in [1.54, 1.807) is 0 Å². The summed E-state index contributed by atoms with van der Waals surface area (Å²) in [4.78, 5) is 4.63. The number of nitrogens with one attached hydrogen (secondary N) is 1. The van der Waals surface area contributed by atoms with E-state index in [-0.39, 0.29) is 0 Å². The van der Waals surface area contributed by atoms with Crippen molar-refractivity contribution >= 4 is 16.6 Å². The van der Waals surface area contributed by atoms with Gasteiger partial charge in [0, 0.05) is 17.1 Å². The first kappa shape index (κ1) is 12.0. The van der Waals surface area contributed by atoms with Crippen molar-refractivity contribution < 1.29 is 9.47 Å². The molecule has 0 aliphatic carbocycles. The number of benzene rings is 1. The van der Waals surface area contributed by atoms with Gasteiger partial charge in [-0.05, 0) is 25.0 Å². The van der Waals surface area contributed by atoms with Crippen LogP contribution in [0.2, 0.25) is 0 Å². The van der Waals surface area contributed by atoms with Crippen LogP contribution in [-0.2, 0) is 6.42 Å². The molecule has 5 heteroatoms. The Morgan fingerprint density at radius 2 is 1.95 bits per heavy atom. The number of rotatable bonds is 2. The van der Waals surface area contributed by atoms with Gasteiger partial charge in [0.25, 0.3) is 0 Å². The van der Waals surface area contributed by atoms with Gasteiger partial charge >= 0.3 is 0 Å². The molecule has 0 radical (unpaired) electrons. The van der Waals surface area contributed by atoms with Gasteiger partial charge in [0.1, 0.15) is 13.2 Å². The number of aromatic nitrogens is 1. The van der Waals surface area contributed by atoms with Crippen LogP contribution in [0.25, 0.3) is 10.9 Å². The van der Waals surface area contributed by atoms with Gasteiger partial charge in [-0.3, -0.25) is 10.8 Å². The minimum absolute atomic E-state index is 0.573. The fraction of sp³-hybridized carbons (Fsp3) is 0.357. The number of hydrogen-bond donors (Lipinski definition) is 2. The van der Waals surface area contributed by atoms with Crippen LogP contribution >= 0.6 is 0 Å². The van der Waals surface area contributed by atoms with E-state index in [1.165, 1.54) is 0 Å². The SMILES string of the molecule is CCc1c(C)nc2cc3c(cc2c1NN)OCCO3. The molecule has 0 bridgehead atoms. The number of nitrogen functional groups attached to an aromatic ring is 1. The quantitative estimate of drug-likeness (QED) is 0.639. The predicted molar refractivity (Wildman–Crippen MR) is 74.7 cm³/mol. The molecule has 2 aromatic rings. The van der Waals surface area contributed by atoms with Gasteiger partial charge in [-0.1, -0.05) is 6.92 Å². The lowest BCUT2D eigenvalue weighted by atomic mass is 10.0. The highest BCUT2D eigenvalue weighted by atomic mass is 16.6. The van der Waals surface area contributed by atoms with E-state index in [0.717, 1.165) is 45.8 Å². The lowest BCUT2D eigenvalue weighted by Gasteiger charge is -2.20. The first-order valence-corrected chi connectivity index (χ1v) is 6.44. The Balaban J connectivity index is 2.32. The van der Waals surface area contributed by atoms with Crippen LogP contribution in [0.5, 0.6) is 11.5 Å². The fourth-order valence-electron chi connectivity index (χ4n) is 2.56. The molecule has 0 saturated heterocycles. The van der Waals surface area contributed by atoms with Gasteiger partial charge in [-0.2, -0.15) is 0 Å². The molecule has 19 heavy (non-hydrogen) atoms. The van der Waals surface area contributed by atoms with Crippen molar-refractivity contribution in [2.45, 2.75) is 20.3 Å². The predicted octanol–water partition coefficient (Wildman–Crippen LogP) is 2.16. The Bertz CT molecular complexity index is 640. The summed E-state index contributed by atoms with van der Waals surface area (Å²) < 4.78 is 11.2. The lowest BCUT2D eigenvalue weighted by molar-refractivity contribution is 0.172. The summed E-state index contributed by atoms with van der Waals surface area (Å²) in [6, 6.07) is 3.86. The normalized spacial score (nSPS) is 13.6. The average molecular weight is 259 g/mol. The zero-order valence-corrected chi connectivity index (χ0v) is 11.1. The third kappa shape index (κ3) is 1.86. The van der Waals surface area contributed by atoms with E-state index in [9.17, 15) is 0 Å². The molecule has 1 aliphatic rings. The van der Waals surface area contributed by atoms with Gasteiger partial charge in [-0.15, -0.1) is 0 Å². The van der Waals surface area contributed by atoms with Crippen LogP contribution in [0.3, 0.4) is 0 Å². The largest absolute Gasteiger partial charge is 0.486 e. The number of anilines is 1. The second-order valence-electron chi connectivity index (χ2n) is 4.56. The Hall–Kier alpha value is -2.01. The third-order valence-corrected chi connectivity index (χ3v) is 3.45.